The number of ether oxygens (including phenoxy) is 1. The van der Waals surface area contributed by atoms with Gasteiger partial charge in [-0.15, -0.1) is 0 Å². The highest BCUT2D eigenvalue weighted by Gasteiger charge is 2.01. The van der Waals surface area contributed by atoms with E-state index in [1.165, 1.54) is 5.56 Å². The molecule has 5 nitrogen and oxygen atoms in total. The Morgan fingerprint density at radius 1 is 0.875 bits per heavy atom. The average Bonchev–Trinajstić information content (AvgIpc) is 2.59. The van der Waals surface area contributed by atoms with Crippen molar-refractivity contribution < 1.29 is 4.74 Å². The Kier molecular flexibility index (Phi) is 4.91. The van der Waals surface area contributed by atoms with Gasteiger partial charge in [0.25, 0.3) is 0 Å². The van der Waals surface area contributed by atoms with Crippen molar-refractivity contribution >= 4 is 23.1 Å². The lowest BCUT2D eigenvalue weighted by atomic mass is 10.2. The maximum Gasteiger partial charge on any atom is 0.229 e. The average molecular weight is 320 g/mol. The van der Waals surface area contributed by atoms with Crippen LogP contribution in [0.25, 0.3) is 0 Å². The van der Waals surface area contributed by atoms with Gasteiger partial charge in [-0.2, -0.15) is 4.98 Å². The monoisotopic (exact) mass is 320 g/mol. The van der Waals surface area contributed by atoms with Crippen molar-refractivity contribution in [1.29, 1.82) is 0 Å². The molecule has 0 atom stereocenters. The summed E-state index contributed by atoms with van der Waals surface area (Å²) >= 11 is 0. The molecule has 0 fully saturated rings. The summed E-state index contributed by atoms with van der Waals surface area (Å²) in [4.78, 5) is 8.73. The number of anilines is 4. The fourth-order valence-electron chi connectivity index (χ4n) is 2.20. The second-order valence-electron chi connectivity index (χ2n) is 5.34. The van der Waals surface area contributed by atoms with Crippen LogP contribution in [-0.2, 0) is 0 Å². The first-order chi connectivity index (χ1) is 11.7. The Bertz CT molecular complexity index is 785. The summed E-state index contributed by atoms with van der Waals surface area (Å²) in [5.74, 6) is 2.13. The molecule has 3 aromatic rings. The molecule has 0 saturated heterocycles. The van der Waals surface area contributed by atoms with Crippen molar-refractivity contribution in [3.8, 4) is 5.75 Å². The van der Waals surface area contributed by atoms with E-state index in [1.807, 2.05) is 61.5 Å². The van der Waals surface area contributed by atoms with E-state index in [0.717, 1.165) is 22.9 Å². The normalized spacial score (nSPS) is 10.2. The highest BCUT2D eigenvalue weighted by atomic mass is 16.5. The zero-order chi connectivity index (χ0) is 16.8. The number of aryl methyl sites for hydroxylation is 1. The predicted molar refractivity (Wildman–Crippen MR) is 97.4 cm³/mol. The molecule has 0 amide bonds. The van der Waals surface area contributed by atoms with Crippen LogP contribution in [0, 0.1) is 6.92 Å². The Hall–Kier alpha value is -3.08. The van der Waals surface area contributed by atoms with Crippen LogP contribution in [0.5, 0.6) is 5.75 Å². The lowest BCUT2D eigenvalue weighted by Gasteiger charge is -2.09. The molecule has 2 N–H and O–H groups in total. The molecule has 0 aliphatic carbocycles. The molecule has 2 aromatic carbocycles. The highest BCUT2D eigenvalue weighted by Crippen LogP contribution is 2.20. The van der Waals surface area contributed by atoms with E-state index in [9.17, 15) is 0 Å². The second kappa shape index (κ2) is 7.46. The van der Waals surface area contributed by atoms with Crippen molar-refractivity contribution in [3.63, 3.8) is 0 Å². The van der Waals surface area contributed by atoms with Gasteiger partial charge in [0, 0.05) is 17.6 Å². The quantitative estimate of drug-likeness (QED) is 0.691. The van der Waals surface area contributed by atoms with Gasteiger partial charge in [0.15, 0.2) is 0 Å². The maximum absolute atomic E-state index is 5.44. The second-order valence-corrected chi connectivity index (χ2v) is 5.34. The number of benzene rings is 2. The summed E-state index contributed by atoms with van der Waals surface area (Å²) < 4.78 is 5.44. The summed E-state index contributed by atoms with van der Waals surface area (Å²) in [7, 11) is 0. The lowest BCUT2D eigenvalue weighted by molar-refractivity contribution is 0.340. The number of nitrogens with zero attached hydrogens (tertiary/aromatic N) is 2. The van der Waals surface area contributed by atoms with Gasteiger partial charge < -0.3 is 15.4 Å². The van der Waals surface area contributed by atoms with E-state index < -0.39 is 0 Å². The van der Waals surface area contributed by atoms with Crippen molar-refractivity contribution in [1.82, 2.24) is 9.97 Å². The molecule has 1 aromatic heterocycles. The number of aromatic nitrogens is 2. The van der Waals surface area contributed by atoms with Crippen LogP contribution in [0.3, 0.4) is 0 Å². The fourth-order valence-corrected chi connectivity index (χ4v) is 2.20. The third-order valence-corrected chi connectivity index (χ3v) is 3.40. The number of hydrogen-bond acceptors (Lipinski definition) is 5. The van der Waals surface area contributed by atoms with E-state index >= 15 is 0 Å². The maximum atomic E-state index is 5.44. The van der Waals surface area contributed by atoms with Crippen LogP contribution in [0.1, 0.15) is 12.5 Å². The Morgan fingerprint density at radius 2 is 1.54 bits per heavy atom. The van der Waals surface area contributed by atoms with Crippen molar-refractivity contribution in [2.24, 2.45) is 0 Å². The number of rotatable bonds is 6. The van der Waals surface area contributed by atoms with Gasteiger partial charge in [-0.05, 0) is 56.3 Å². The Labute approximate surface area is 141 Å². The molecular weight excluding hydrogens is 300 g/mol. The van der Waals surface area contributed by atoms with Gasteiger partial charge in [-0.25, -0.2) is 4.98 Å². The molecule has 5 heteroatoms. The smallest absolute Gasteiger partial charge is 0.229 e. The van der Waals surface area contributed by atoms with Crippen LogP contribution in [-0.4, -0.2) is 16.6 Å². The minimum atomic E-state index is 0.551. The molecule has 122 valence electrons. The highest BCUT2D eigenvalue weighted by molar-refractivity contribution is 5.60. The van der Waals surface area contributed by atoms with E-state index in [-0.39, 0.29) is 0 Å². The summed E-state index contributed by atoms with van der Waals surface area (Å²) in [6.07, 6.45) is 1.72. The zero-order valence-corrected chi connectivity index (χ0v) is 13.8. The van der Waals surface area contributed by atoms with Gasteiger partial charge in [0.1, 0.15) is 11.6 Å². The van der Waals surface area contributed by atoms with Gasteiger partial charge >= 0.3 is 0 Å². The zero-order valence-electron chi connectivity index (χ0n) is 13.8. The summed E-state index contributed by atoms with van der Waals surface area (Å²) in [6.45, 7) is 4.68. The van der Waals surface area contributed by atoms with E-state index in [4.69, 9.17) is 4.74 Å². The van der Waals surface area contributed by atoms with Crippen molar-refractivity contribution in [2.75, 3.05) is 17.2 Å². The van der Waals surface area contributed by atoms with Crippen LogP contribution in [0.15, 0.2) is 60.8 Å². The first-order valence-electron chi connectivity index (χ1n) is 7.89. The topological polar surface area (TPSA) is 59.1 Å². The summed E-state index contributed by atoms with van der Waals surface area (Å²) in [5, 5.41) is 6.46. The van der Waals surface area contributed by atoms with Crippen LogP contribution >= 0.6 is 0 Å². The lowest BCUT2D eigenvalue weighted by Crippen LogP contribution is -2.00. The molecule has 1 heterocycles. The van der Waals surface area contributed by atoms with Crippen molar-refractivity contribution in [2.45, 2.75) is 13.8 Å². The Morgan fingerprint density at radius 3 is 2.25 bits per heavy atom. The number of nitrogens with one attached hydrogen (secondary N) is 2. The van der Waals surface area contributed by atoms with Gasteiger partial charge in [0.05, 0.1) is 6.61 Å². The largest absolute Gasteiger partial charge is 0.494 e. The van der Waals surface area contributed by atoms with E-state index in [0.29, 0.717) is 12.6 Å². The first-order valence-corrected chi connectivity index (χ1v) is 7.89. The van der Waals surface area contributed by atoms with Crippen LogP contribution in [0.2, 0.25) is 0 Å². The molecule has 0 unspecified atom stereocenters. The third kappa shape index (κ3) is 4.23. The fraction of sp³-hybridized carbons (Fsp3) is 0.158. The molecule has 0 saturated carbocycles. The number of hydrogen-bond donors (Lipinski definition) is 2. The summed E-state index contributed by atoms with van der Waals surface area (Å²) in [6, 6.07) is 17.7. The molecule has 0 aliphatic rings. The SMILES string of the molecule is CCOc1ccc(Nc2ccnc(Nc3ccc(C)cc3)n2)cc1. The summed E-state index contributed by atoms with van der Waals surface area (Å²) in [5.41, 5.74) is 3.12. The molecule has 24 heavy (non-hydrogen) atoms. The third-order valence-electron chi connectivity index (χ3n) is 3.40. The van der Waals surface area contributed by atoms with Gasteiger partial charge in [-0.3, -0.25) is 0 Å². The van der Waals surface area contributed by atoms with Gasteiger partial charge in [-0.1, -0.05) is 17.7 Å². The van der Waals surface area contributed by atoms with E-state index in [1.54, 1.807) is 6.20 Å². The van der Waals surface area contributed by atoms with Gasteiger partial charge in [0.2, 0.25) is 5.95 Å². The molecule has 0 bridgehead atoms. The van der Waals surface area contributed by atoms with Crippen molar-refractivity contribution in [3.05, 3.63) is 66.4 Å². The van der Waals surface area contributed by atoms with Crippen LogP contribution in [0.4, 0.5) is 23.1 Å². The van der Waals surface area contributed by atoms with Crippen LogP contribution < -0.4 is 15.4 Å². The molecule has 0 aliphatic heterocycles. The minimum absolute atomic E-state index is 0.551. The standard InChI is InChI=1S/C19H20N4O/c1-3-24-17-10-8-15(9-11-17)21-18-12-13-20-19(23-18)22-16-6-4-14(2)5-7-16/h4-13H,3H2,1-2H3,(H2,20,21,22,23). The molecule has 3 rings (SSSR count). The molecule has 0 radical (unpaired) electrons. The minimum Gasteiger partial charge on any atom is -0.494 e. The predicted octanol–water partition coefficient (Wildman–Crippen LogP) is 4.67. The first kappa shape index (κ1) is 15.8. The Balaban J connectivity index is 1.69. The molecular formula is C19H20N4O. The van der Waals surface area contributed by atoms with E-state index in [2.05, 4.69) is 27.5 Å². The molecule has 0 spiro atoms.